The first kappa shape index (κ1) is 15.6. The van der Waals surface area contributed by atoms with Crippen molar-refractivity contribution in [1.29, 1.82) is 0 Å². The smallest absolute Gasteiger partial charge is 0.342 e. The first-order chi connectivity index (χ1) is 11.0. The highest BCUT2D eigenvalue weighted by atomic mass is 79.9. The molecule has 0 spiro atoms. The molecule has 1 aromatic heterocycles. The molecule has 0 radical (unpaired) electrons. The molecule has 0 unspecified atom stereocenters. The van der Waals surface area contributed by atoms with Crippen LogP contribution in [0.3, 0.4) is 0 Å². The van der Waals surface area contributed by atoms with Gasteiger partial charge in [-0.25, -0.2) is 9.78 Å². The molecule has 2 N–H and O–H groups in total. The zero-order valence-corrected chi connectivity index (χ0v) is 14.0. The third-order valence-electron chi connectivity index (χ3n) is 2.95. The molecule has 0 aliphatic heterocycles. The van der Waals surface area contributed by atoms with Gasteiger partial charge < -0.3 is 14.6 Å². The summed E-state index contributed by atoms with van der Waals surface area (Å²) in [6, 6.07) is 12.0. The number of thioether (sulfide) groups is 1. The van der Waals surface area contributed by atoms with E-state index in [0.717, 1.165) is 11.8 Å². The summed E-state index contributed by atoms with van der Waals surface area (Å²) in [5, 5.41) is 19.1. The highest BCUT2D eigenvalue weighted by Crippen LogP contribution is 2.32. The second-order valence-corrected chi connectivity index (χ2v) is 6.42. The Hall–Kier alpha value is -2.25. The lowest BCUT2D eigenvalue weighted by Crippen LogP contribution is -1.96. The van der Waals surface area contributed by atoms with Gasteiger partial charge in [0.05, 0.1) is 4.47 Å². The number of aliphatic carboxylic acids is 1. The standard InChI is InChI=1S/C16H10BrNO4S/c17-10-7-9(5-6-12(10)19)8-14(15(20)21)23-16-18-11-3-1-2-4-13(11)22-16/h1-8,19H,(H,20,21)/b14-8-. The van der Waals surface area contributed by atoms with Gasteiger partial charge in [-0.15, -0.1) is 0 Å². The van der Waals surface area contributed by atoms with E-state index >= 15 is 0 Å². The molecule has 0 aliphatic carbocycles. The lowest BCUT2D eigenvalue weighted by atomic mass is 10.2. The lowest BCUT2D eigenvalue weighted by Gasteiger charge is -2.01. The number of carboxylic acids is 1. The van der Waals surface area contributed by atoms with Gasteiger partial charge in [-0.1, -0.05) is 18.2 Å². The normalized spacial score (nSPS) is 11.8. The van der Waals surface area contributed by atoms with Gasteiger partial charge in [-0.3, -0.25) is 0 Å². The van der Waals surface area contributed by atoms with E-state index in [-0.39, 0.29) is 15.9 Å². The van der Waals surface area contributed by atoms with Gasteiger partial charge in [0.15, 0.2) is 5.58 Å². The van der Waals surface area contributed by atoms with Crippen LogP contribution in [0.25, 0.3) is 17.2 Å². The molecule has 0 fully saturated rings. The van der Waals surface area contributed by atoms with Crippen molar-refractivity contribution < 1.29 is 19.4 Å². The Bertz CT molecular complexity index is 886. The quantitative estimate of drug-likeness (QED) is 0.502. The third kappa shape index (κ3) is 3.57. The van der Waals surface area contributed by atoms with Gasteiger partial charge in [0.2, 0.25) is 0 Å². The number of nitrogens with zero attached hydrogens (tertiary/aromatic N) is 1. The molecule has 116 valence electrons. The molecule has 0 atom stereocenters. The van der Waals surface area contributed by atoms with E-state index in [2.05, 4.69) is 20.9 Å². The average molecular weight is 392 g/mol. The zero-order valence-electron chi connectivity index (χ0n) is 11.6. The number of aromatic hydroxyl groups is 1. The van der Waals surface area contributed by atoms with Crippen LogP contribution in [0.5, 0.6) is 5.75 Å². The molecule has 1 heterocycles. The van der Waals surface area contributed by atoms with Gasteiger partial charge >= 0.3 is 5.97 Å². The van der Waals surface area contributed by atoms with Crippen LogP contribution in [0.15, 0.2) is 61.5 Å². The maximum atomic E-state index is 11.5. The van der Waals surface area contributed by atoms with Crippen molar-refractivity contribution in [2.75, 3.05) is 0 Å². The molecule has 3 aromatic rings. The number of oxazole rings is 1. The highest BCUT2D eigenvalue weighted by molar-refractivity contribution is 9.10. The Morgan fingerprint density at radius 2 is 2.04 bits per heavy atom. The number of rotatable bonds is 4. The predicted octanol–water partition coefficient (Wildman–Crippen LogP) is 4.51. The third-order valence-corrected chi connectivity index (χ3v) is 4.45. The number of halogens is 1. The minimum absolute atomic E-state index is 0.0640. The van der Waals surface area contributed by atoms with Crippen molar-refractivity contribution in [3.05, 3.63) is 57.4 Å². The van der Waals surface area contributed by atoms with E-state index in [4.69, 9.17) is 4.42 Å². The molecule has 0 amide bonds. The van der Waals surface area contributed by atoms with Crippen LogP contribution in [-0.2, 0) is 4.79 Å². The van der Waals surface area contributed by atoms with E-state index in [9.17, 15) is 15.0 Å². The van der Waals surface area contributed by atoms with Crippen molar-refractivity contribution in [2.45, 2.75) is 5.22 Å². The fourth-order valence-corrected chi connectivity index (χ4v) is 3.03. The van der Waals surface area contributed by atoms with Crippen molar-refractivity contribution in [2.24, 2.45) is 0 Å². The van der Waals surface area contributed by atoms with E-state index in [1.54, 1.807) is 24.3 Å². The van der Waals surface area contributed by atoms with Gasteiger partial charge in [0.1, 0.15) is 16.2 Å². The van der Waals surface area contributed by atoms with Crippen LogP contribution >= 0.6 is 27.7 Å². The van der Waals surface area contributed by atoms with Crippen LogP contribution in [0.4, 0.5) is 0 Å². The number of aromatic nitrogens is 1. The van der Waals surface area contributed by atoms with Crippen molar-refractivity contribution in [1.82, 2.24) is 4.98 Å². The molecule has 2 aromatic carbocycles. The Labute approximate surface area is 143 Å². The summed E-state index contributed by atoms with van der Waals surface area (Å²) in [6.07, 6.45) is 1.49. The number of hydrogen-bond acceptors (Lipinski definition) is 5. The predicted molar refractivity (Wildman–Crippen MR) is 91.3 cm³/mol. The monoisotopic (exact) mass is 391 g/mol. The summed E-state index contributed by atoms with van der Waals surface area (Å²) in [5.41, 5.74) is 1.91. The van der Waals surface area contributed by atoms with Gasteiger partial charge in [-0.2, -0.15) is 0 Å². The van der Waals surface area contributed by atoms with E-state index in [0.29, 0.717) is 21.1 Å². The molecule has 0 saturated heterocycles. The molecule has 23 heavy (non-hydrogen) atoms. The molecule has 0 bridgehead atoms. The molecular weight excluding hydrogens is 382 g/mol. The summed E-state index contributed by atoms with van der Waals surface area (Å²) >= 11 is 4.13. The topological polar surface area (TPSA) is 83.6 Å². The summed E-state index contributed by atoms with van der Waals surface area (Å²) < 4.78 is 6.02. The van der Waals surface area contributed by atoms with Gasteiger partial charge in [-0.05, 0) is 63.6 Å². The number of para-hydroxylation sites is 2. The zero-order chi connectivity index (χ0) is 16.4. The number of phenolic OH excluding ortho intramolecular Hbond substituents is 1. The Morgan fingerprint density at radius 3 is 2.74 bits per heavy atom. The van der Waals surface area contributed by atoms with Gasteiger partial charge in [0, 0.05) is 0 Å². The Balaban J connectivity index is 1.93. The molecule has 7 heteroatoms. The highest BCUT2D eigenvalue weighted by Gasteiger charge is 2.15. The first-order valence-electron chi connectivity index (χ1n) is 6.50. The lowest BCUT2D eigenvalue weighted by molar-refractivity contribution is -0.131. The maximum absolute atomic E-state index is 11.5. The van der Waals surface area contributed by atoms with Crippen molar-refractivity contribution in [3.63, 3.8) is 0 Å². The average Bonchev–Trinajstić information content (AvgIpc) is 2.92. The van der Waals surface area contributed by atoms with Gasteiger partial charge in [0.25, 0.3) is 5.22 Å². The molecule has 0 saturated carbocycles. The number of phenols is 1. The fraction of sp³-hybridized carbons (Fsp3) is 0. The molecule has 5 nitrogen and oxygen atoms in total. The summed E-state index contributed by atoms with van der Waals surface area (Å²) in [4.78, 5) is 15.8. The van der Waals surface area contributed by atoms with Crippen LogP contribution in [0.1, 0.15) is 5.56 Å². The maximum Gasteiger partial charge on any atom is 0.342 e. The largest absolute Gasteiger partial charge is 0.507 e. The van der Waals surface area contributed by atoms with E-state index < -0.39 is 5.97 Å². The van der Waals surface area contributed by atoms with Crippen molar-refractivity contribution in [3.8, 4) is 5.75 Å². The second kappa shape index (κ2) is 6.47. The number of carbonyl (C=O) groups is 1. The summed E-state index contributed by atoms with van der Waals surface area (Å²) in [6.45, 7) is 0. The van der Waals surface area contributed by atoms with E-state index in [1.165, 1.54) is 12.1 Å². The number of carboxylic acid groups (broad SMARTS) is 1. The second-order valence-electron chi connectivity index (χ2n) is 4.57. The fourth-order valence-electron chi connectivity index (χ4n) is 1.89. The number of hydrogen-bond donors (Lipinski definition) is 2. The Morgan fingerprint density at radius 1 is 1.26 bits per heavy atom. The molecule has 0 aliphatic rings. The first-order valence-corrected chi connectivity index (χ1v) is 8.11. The van der Waals surface area contributed by atoms with Crippen LogP contribution in [-0.4, -0.2) is 21.2 Å². The number of fused-ring (bicyclic) bond motifs is 1. The summed E-state index contributed by atoms with van der Waals surface area (Å²) in [7, 11) is 0. The van der Waals surface area contributed by atoms with Crippen molar-refractivity contribution >= 4 is 50.8 Å². The van der Waals surface area contributed by atoms with Crippen LogP contribution in [0.2, 0.25) is 0 Å². The minimum atomic E-state index is -1.08. The minimum Gasteiger partial charge on any atom is -0.507 e. The Kier molecular flexibility index (Phi) is 4.40. The summed E-state index contributed by atoms with van der Waals surface area (Å²) in [5.74, 6) is -0.993. The molecular formula is C16H10BrNO4S. The molecule has 3 rings (SSSR count). The number of benzene rings is 2. The van der Waals surface area contributed by atoms with Crippen LogP contribution < -0.4 is 0 Å². The SMILES string of the molecule is O=C(O)/C(=C/c1ccc(O)c(Br)c1)Sc1nc2ccccc2o1. The van der Waals surface area contributed by atoms with Crippen LogP contribution in [0, 0.1) is 0 Å². The van der Waals surface area contributed by atoms with E-state index in [1.807, 2.05) is 12.1 Å².